The van der Waals surface area contributed by atoms with Crippen LogP contribution in [0.4, 0.5) is 26.3 Å². The van der Waals surface area contributed by atoms with E-state index in [9.17, 15) is 39.6 Å². The van der Waals surface area contributed by atoms with Crippen LogP contribution in [0.1, 0.15) is 58.8 Å². The first kappa shape index (κ1) is 25.4. The number of esters is 1. The molecular formula is C22H26F6O5S. The zero-order valence-electron chi connectivity index (χ0n) is 18.6. The number of alkyl halides is 6. The molecule has 0 aromatic rings. The summed E-state index contributed by atoms with van der Waals surface area (Å²) >= 11 is 0. The molecule has 0 bridgehead atoms. The van der Waals surface area contributed by atoms with Gasteiger partial charge in [0.1, 0.15) is 11.9 Å². The number of fused-ring (bicyclic) bond motifs is 5. The molecule has 2 fully saturated rings. The fourth-order valence-electron chi connectivity index (χ4n) is 6.77. The maximum Gasteiger partial charge on any atom is 0.534 e. The SMILES string of the molecule is C[C@]12CC[C@H](OC(=O)C(F)(F)F)CC1=CC[C@@H]1[C@@H]2CC[C@]2(C)C(OS(=O)(=O)C(F)(F)F)=CC[C@@H]12. The van der Waals surface area contributed by atoms with E-state index in [1.165, 1.54) is 6.08 Å². The zero-order valence-corrected chi connectivity index (χ0v) is 19.4. The van der Waals surface area contributed by atoms with Crippen LogP contribution in [0.2, 0.25) is 0 Å². The van der Waals surface area contributed by atoms with Gasteiger partial charge in [0.15, 0.2) is 0 Å². The Morgan fingerprint density at radius 1 is 0.971 bits per heavy atom. The third-order valence-corrected chi connectivity index (χ3v) is 9.52. The van der Waals surface area contributed by atoms with E-state index in [1.807, 2.05) is 13.0 Å². The van der Waals surface area contributed by atoms with Crippen molar-refractivity contribution in [3.8, 4) is 0 Å². The molecule has 0 heterocycles. The van der Waals surface area contributed by atoms with E-state index < -0.39 is 39.3 Å². The molecule has 6 atom stereocenters. The lowest BCUT2D eigenvalue weighted by Gasteiger charge is -2.57. The molecule has 0 aliphatic heterocycles. The molecule has 2 saturated carbocycles. The number of allylic oxidation sites excluding steroid dienone is 3. The largest absolute Gasteiger partial charge is 0.534 e. The van der Waals surface area contributed by atoms with Crippen LogP contribution in [-0.2, 0) is 23.8 Å². The van der Waals surface area contributed by atoms with Gasteiger partial charge in [0.25, 0.3) is 0 Å². The van der Waals surface area contributed by atoms with Gasteiger partial charge in [0.05, 0.1) is 0 Å². The topological polar surface area (TPSA) is 69.7 Å². The number of rotatable bonds is 3. The molecule has 12 heteroatoms. The average molecular weight is 517 g/mol. The maximum atomic E-state index is 12.9. The van der Waals surface area contributed by atoms with E-state index in [0.29, 0.717) is 32.1 Å². The summed E-state index contributed by atoms with van der Waals surface area (Å²) in [6, 6.07) is 0. The molecule has 0 amide bonds. The standard InChI is InChI=1S/C22H26F6O5S/c1-19-9-7-13(32-18(29)21(23,24)25)11-12(19)3-4-14-15-5-6-17(20(15,2)10-8-16(14)19)33-34(30,31)22(26,27)28/h3,6,13-16H,4-5,7-11H2,1-2H3/t13-,14-,15-,16-,19-,20-/m0/s1. The minimum atomic E-state index is -5.76. The molecule has 0 aromatic carbocycles. The van der Waals surface area contributed by atoms with Crippen LogP contribution in [-0.4, -0.2) is 32.2 Å². The van der Waals surface area contributed by atoms with Crippen LogP contribution in [0, 0.1) is 28.6 Å². The van der Waals surface area contributed by atoms with Gasteiger partial charge < -0.3 is 8.92 Å². The Morgan fingerprint density at radius 3 is 2.24 bits per heavy atom. The molecule has 34 heavy (non-hydrogen) atoms. The molecule has 4 aliphatic rings. The van der Waals surface area contributed by atoms with Crippen molar-refractivity contribution in [2.75, 3.05) is 0 Å². The molecule has 0 radical (unpaired) electrons. The summed E-state index contributed by atoms with van der Waals surface area (Å²) in [5.41, 5.74) is -5.73. The van der Waals surface area contributed by atoms with Gasteiger partial charge in [-0.25, -0.2) is 4.79 Å². The third kappa shape index (κ3) is 4.03. The lowest BCUT2D eigenvalue weighted by atomic mass is 9.48. The van der Waals surface area contributed by atoms with Crippen molar-refractivity contribution in [2.24, 2.45) is 28.6 Å². The van der Waals surface area contributed by atoms with E-state index in [2.05, 4.69) is 8.92 Å². The summed E-state index contributed by atoms with van der Waals surface area (Å²) in [6.07, 6.45) is 0.578. The number of halogens is 6. The molecule has 0 spiro atoms. The monoisotopic (exact) mass is 516 g/mol. The molecule has 4 rings (SSSR count). The molecule has 5 nitrogen and oxygen atoms in total. The van der Waals surface area contributed by atoms with E-state index in [-0.39, 0.29) is 41.8 Å². The van der Waals surface area contributed by atoms with Crippen LogP contribution < -0.4 is 0 Å². The Hall–Kier alpha value is -1.72. The lowest BCUT2D eigenvalue weighted by Crippen LogP contribution is -2.50. The van der Waals surface area contributed by atoms with Crippen molar-refractivity contribution in [3.05, 3.63) is 23.5 Å². The number of carbonyl (C=O) groups is 1. The number of hydrogen-bond acceptors (Lipinski definition) is 5. The first-order chi connectivity index (χ1) is 15.5. The highest BCUT2D eigenvalue weighted by Crippen LogP contribution is 2.65. The second-order valence-electron chi connectivity index (χ2n) is 10.3. The van der Waals surface area contributed by atoms with Crippen molar-refractivity contribution in [3.63, 3.8) is 0 Å². The molecule has 0 saturated heterocycles. The van der Waals surface area contributed by atoms with Gasteiger partial charge in [0, 0.05) is 11.8 Å². The quantitative estimate of drug-likeness (QED) is 0.156. The van der Waals surface area contributed by atoms with Gasteiger partial charge in [-0.1, -0.05) is 25.5 Å². The Morgan fingerprint density at radius 2 is 1.62 bits per heavy atom. The summed E-state index contributed by atoms with van der Waals surface area (Å²) < 4.78 is 109. The molecule has 4 aliphatic carbocycles. The summed E-state index contributed by atoms with van der Waals surface area (Å²) in [7, 11) is -5.76. The summed E-state index contributed by atoms with van der Waals surface area (Å²) in [4.78, 5) is 11.3. The van der Waals surface area contributed by atoms with Crippen LogP contribution >= 0.6 is 0 Å². The molecule has 0 aromatic heterocycles. The summed E-state index contributed by atoms with van der Waals surface area (Å²) in [5, 5.41) is 0. The molecular weight excluding hydrogens is 490 g/mol. The second kappa shape index (κ2) is 7.89. The molecule has 0 unspecified atom stereocenters. The predicted molar refractivity (Wildman–Crippen MR) is 107 cm³/mol. The van der Waals surface area contributed by atoms with Crippen molar-refractivity contribution >= 4 is 16.1 Å². The van der Waals surface area contributed by atoms with Crippen molar-refractivity contribution < 1.29 is 48.5 Å². The second-order valence-corrected chi connectivity index (χ2v) is 11.8. The van der Waals surface area contributed by atoms with Crippen LogP contribution in [0.3, 0.4) is 0 Å². The minimum absolute atomic E-state index is 0.0627. The number of hydrogen-bond donors (Lipinski definition) is 0. The van der Waals surface area contributed by atoms with E-state index in [4.69, 9.17) is 0 Å². The summed E-state index contributed by atoms with van der Waals surface area (Å²) in [5.74, 6) is -2.26. The smallest absolute Gasteiger partial charge is 0.455 e. The molecule has 0 N–H and O–H groups in total. The third-order valence-electron chi connectivity index (χ3n) is 8.56. The maximum absolute atomic E-state index is 12.9. The van der Waals surface area contributed by atoms with Crippen LogP contribution in [0.15, 0.2) is 23.5 Å². The number of carbonyl (C=O) groups excluding carboxylic acids is 1. The Kier molecular flexibility index (Phi) is 5.89. The average Bonchev–Trinajstić information content (AvgIpc) is 3.02. The first-order valence-electron chi connectivity index (χ1n) is 11.2. The Balaban J connectivity index is 1.51. The first-order valence-corrected chi connectivity index (χ1v) is 12.6. The Labute approximate surface area is 193 Å². The number of ether oxygens (including phenoxy) is 1. The zero-order chi connectivity index (χ0) is 25.3. The van der Waals surface area contributed by atoms with Crippen molar-refractivity contribution in [1.29, 1.82) is 0 Å². The highest BCUT2D eigenvalue weighted by Gasteiger charge is 2.59. The van der Waals surface area contributed by atoms with Gasteiger partial charge in [-0.15, -0.1) is 0 Å². The van der Waals surface area contributed by atoms with Gasteiger partial charge in [0.2, 0.25) is 0 Å². The van der Waals surface area contributed by atoms with Crippen molar-refractivity contribution in [1.82, 2.24) is 0 Å². The Bertz CT molecular complexity index is 1030. The highest BCUT2D eigenvalue weighted by atomic mass is 32.2. The van der Waals surface area contributed by atoms with Gasteiger partial charge in [-0.2, -0.15) is 34.8 Å². The minimum Gasteiger partial charge on any atom is -0.455 e. The van der Waals surface area contributed by atoms with Gasteiger partial charge >= 0.3 is 27.8 Å². The fraction of sp³-hybridized carbons (Fsp3) is 0.773. The molecule has 192 valence electrons. The fourth-order valence-corrected chi connectivity index (χ4v) is 7.36. The predicted octanol–water partition coefficient (Wildman–Crippen LogP) is 5.78. The van der Waals surface area contributed by atoms with Crippen LogP contribution in [0.25, 0.3) is 0 Å². The highest BCUT2D eigenvalue weighted by molar-refractivity contribution is 7.87. The van der Waals surface area contributed by atoms with Crippen molar-refractivity contribution in [2.45, 2.75) is 76.6 Å². The normalized spacial score (nSPS) is 38.1. The lowest BCUT2D eigenvalue weighted by molar-refractivity contribution is -0.206. The van der Waals surface area contributed by atoms with E-state index in [0.717, 1.165) is 5.57 Å². The van der Waals surface area contributed by atoms with Gasteiger partial charge in [-0.3, -0.25) is 0 Å². The van der Waals surface area contributed by atoms with Crippen LogP contribution in [0.5, 0.6) is 0 Å². The van der Waals surface area contributed by atoms with Gasteiger partial charge in [-0.05, 0) is 67.8 Å². The summed E-state index contributed by atoms with van der Waals surface area (Å²) in [6.45, 7) is 3.79. The van der Waals surface area contributed by atoms with E-state index in [1.54, 1.807) is 6.92 Å². The van der Waals surface area contributed by atoms with E-state index >= 15 is 0 Å².